The minimum Gasteiger partial charge on any atom is -0.327 e. The third-order valence-electron chi connectivity index (χ3n) is 2.51. The van der Waals surface area contributed by atoms with Crippen LogP contribution in [0.3, 0.4) is 0 Å². The summed E-state index contributed by atoms with van der Waals surface area (Å²) in [6.07, 6.45) is 0.887. The van der Waals surface area contributed by atoms with E-state index in [0.29, 0.717) is 0 Å². The maximum atomic E-state index is 6.11. The summed E-state index contributed by atoms with van der Waals surface area (Å²) in [5.74, 6) is 0.924. The Hall–Kier alpha value is -0.430. The molecular formula is C12H17N3S3. The summed E-state index contributed by atoms with van der Waals surface area (Å²) in [4.78, 5) is 7.14. The Morgan fingerprint density at radius 1 is 1.44 bits per heavy atom. The molecule has 2 heterocycles. The van der Waals surface area contributed by atoms with Crippen molar-refractivity contribution in [3.63, 3.8) is 0 Å². The Morgan fingerprint density at radius 3 is 2.72 bits per heavy atom. The molecule has 2 rings (SSSR count). The van der Waals surface area contributed by atoms with Gasteiger partial charge in [-0.2, -0.15) is 4.37 Å². The van der Waals surface area contributed by atoms with Crippen molar-refractivity contribution in [2.75, 3.05) is 0 Å². The standard InChI is InChI=1S/C12H17N3S3/c1-4-10-14-12(18-15-10)17-11(8(3)13)9-6-5-7(2)16-9/h5-6,8,11H,4,13H2,1-3H3. The molecule has 2 atom stereocenters. The smallest absolute Gasteiger partial charge is 0.170 e. The van der Waals surface area contributed by atoms with Crippen LogP contribution in [0.1, 0.15) is 34.7 Å². The Balaban J connectivity index is 2.16. The molecule has 0 bridgehead atoms. The van der Waals surface area contributed by atoms with Gasteiger partial charge in [0.1, 0.15) is 5.82 Å². The summed E-state index contributed by atoms with van der Waals surface area (Å²) in [6.45, 7) is 6.24. The molecule has 2 N–H and O–H groups in total. The monoisotopic (exact) mass is 299 g/mol. The first-order valence-corrected chi connectivity index (χ1v) is 8.38. The van der Waals surface area contributed by atoms with Crippen molar-refractivity contribution in [1.29, 1.82) is 0 Å². The lowest BCUT2D eigenvalue weighted by Crippen LogP contribution is -2.21. The van der Waals surface area contributed by atoms with Gasteiger partial charge >= 0.3 is 0 Å². The number of thioether (sulfide) groups is 1. The fourth-order valence-electron chi connectivity index (χ4n) is 1.57. The predicted octanol–water partition coefficient (Wildman–Crippen LogP) is 3.65. The van der Waals surface area contributed by atoms with E-state index < -0.39 is 0 Å². The molecule has 0 aromatic carbocycles. The van der Waals surface area contributed by atoms with Gasteiger partial charge in [0.25, 0.3) is 0 Å². The van der Waals surface area contributed by atoms with E-state index in [1.54, 1.807) is 11.8 Å². The van der Waals surface area contributed by atoms with Gasteiger partial charge in [-0.05, 0) is 37.5 Å². The molecule has 0 saturated carbocycles. The predicted molar refractivity (Wildman–Crippen MR) is 80.6 cm³/mol. The van der Waals surface area contributed by atoms with Crippen LogP contribution in [-0.4, -0.2) is 15.4 Å². The fourth-order valence-corrected chi connectivity index (χ4v) is 4.71. The average Bonchev–Trinajstić information content (AvgIpc) is 2.94. The number of nitrogens with zero attached hydrogens (tertiary/aromatic N) is 2. The van der Waals surface area contributed by atoms with E-state index in [0.717, 1.165) is 16.6 Å². The van der Waals surface area contributed by atoms with Crippen molar-refractivity contribution in [3.05, 3.63) is 27.7 Å². The summed E-state index contributed by atoms with van der Waals surface area (Å²) in [5, 5.41) is 0.265. The normalized spacial score (nSPS) is 14.7. The Kier molecular flexibility index (Phi) is 4.77. The van der Waals surface area contributed by atoms with E-state index in [2.05, 4.69) is 42.3 Å². The van der Waals surface area contributed by atoms with E-state index in [4.69, 9.17) is 5.73 Å². The number of thiophene rings is 1. The van der Waals surface area contributed by atoms with Crippen LogP contribution >= 0.6 is 34.6 Å². The highest BCUT2D eigenvalue weighted by atomic mass is 32.2. The van der Waals surface area contributed by atoms with Crippen molar-refractivity contribution in [2.45, 2.75) is 42.8 Å². The zero-order valence-electron chi connectivity index (χ0n) is 10.7. The lowest BCUT2D eigenvalue weighted by molar-refractivity contribution is 0.729. The maximum Gasteiger partial charge on any atom is 0.170 e. The molecule has 18 heavy (non-hydrogen) atoms. The molecule has 98 valence electrons. The first kappa shape index (κ1) is 14.0. The van der Waals surface area contributed by atoms with Crippen LogP contribution in [0.5, 0.6) is 0 Å². The molecular weight excluding hydrogens is 282 g/mol. The quantitative estimate of drug-likeness (QED) is 0.856. The van der Waals surface area contributed by atoms with E-state index in [1.165, 1.54) is 21.3 Å². The largest absolute Gasteiger partial charge is 0.327 e. The highest BCUT2D eigenvalue weighted by Gasteiger charge is 2.21. The second kappa shape index (κ2) is 6.14. The van der Waals surface area contributed by atoms with Crippen molar-refractivity contribution in [2.24, 2.45) is 5.73 Å². The van der Waals surface area contributed by atoms with Gasteiger partial charge in [-0.25, -0.2) is 4.98 Å². The highest BCUT2D eigenvalue weighted by molar-refractivity contribution is 8.01. The van der Waals surface area contributed by atoms with Gasteiger partial charge in [-0.1, -0.05) is 18.7 Å². The number of nitrogens with two attached hydrogens (primary N) is 1. The summed E-state index contributed by atoms with van der Waals surface area (Å²) < 4.78 is 5.33. The van der Waals surface area contributed by atoms with Crippen molar-refractivity contribution in [1.82, 2.24) is 9.36 Å². The first-order valence-electron chi connectivity index (χ1n) is 5.91. The number of hydrogen-bond acceptors (Lipinski definition) is 6. The molecule has 2 unspecified atom stereocenters. The van der Waals surface area contributed by atoms with Gasteiger partial charge in [0, 0.05) is 22.2 Å². The van der Waals surface area contributed by atoms with Gasteiger partial charge in [-0.3, -0.25) is 0 Å². The number of hydrogen-bond donors (Lipinski definition) is 1. The Bertz CT molecular complexity index is 504. The average molecular weight is 299 g/mol. The van der Waals surface area contributed by atoms with Gasteiger partial charge in [0.15, 0.2) is 4.34 Å². The van der Waals surface area contributed by atoms with Crippen LogP contribution in [0.2, 0.25) is 0 Å². The van der Waals surface area contributed by atoms with Crippen LogP contribution in [0.15, 0.2) is 16.5 Å². The number of aromatic nitrogens is 2. The Morgan fingerprint density at radius 2 is 2.22 bits per heavy atom. The molecule has 0 aliphatic rings. The number of rotatable bonds is 5. The van der Waals surface area contributed by atoms with Crippen molar-refractivity contribution in [3.8, 4) is 0 Å². The molecule has 0 spiro atoms. The second-order valence-corrected chi connectivity index (χ2v) is 7.64. The van der Waals surface area contributed by atoms with Crippen LogP contribution in [0.4, 0.5) is 0 Å². The third kappa shape index (κ3) is 3.32. The fraction of sp³-hybridized carbons (Fsp3) is 0.500. The zero-order chi connectivity index (χ0) is 13.1. The molecule has 6 heteroatoms. The third-order valence-corrected chi connectivity index (χ3v) is 6.04. The minimum absolute atomic E-state index is 0.0991. The highest BCUT2D eigenvalue weighted by Crippen LogP contribution is 2.40. The maximum absolute atomic E-state index is 6.11. The van der Waals surface area contributed by atoms with Crippen LogP contribution in [0.25, 0.3) is 0 Å². The molecule has 0 aliphatic heterocycles. The Labute approximate surface area is 120 Å². The van der Waals surface area contributed by atoms with E-state index >= 15 is 0 Å². The molecule has 0 fully saturated rings. The van der Waals surface area contributed by atoms with Gasteiger partial charge in [-0.15, -0.1) is 11.3 Å². The van der Waals surface area contributed by atoms with E-state index in [9.17, 15) is 0 Å². The van der Waals surface area contributed by atoms with Gasteiger partial charge < -0.3 is 5.73 Å². The second-order valence-electron chi connectivity index (χ2n) is 4.18. The van der Waals surface area contributed by atoms with E-state index in [1.807, 2.05) is 11.3 Å². The van der Waals surface area contributed by atoms with Crippen molar-refractivity contribution < 1.29 is 0 Å². The molecule has 0 radical (unpaired) electrons. The zero-order valence-corrected chi connectivity index (χ0v) is 13.2. The lowest BCUT2D eigenvalue weighted by Gasteiger charge is -2.17. The summed E-state index contributed by atoms with van der Waals surface area (Å²) in [6, 6.07) is 4.41. The van der Waals surface area contributed by atoms with Crippen molar-refractivity contribution >= 4 is 34.6 Å². The molecule has 3 nitrogen and oxygen atoms in total. The molecule has 0 saturated heterocycles. The molecule has 2 aromatic heterocycles. The van der Waals surface area contributed by atoms with Crippen LogP contribution < -0.4 is 5.73 Å². The summed E-state index contributed by atoms with van der Waals surface area (Å²) in [5.41, 5.74) is 6.11. The van der Waals surface area contributed by atoms with E-state index in [-0.39, 0.29) is 11.3 Å². The van der Waals surface area contributed by atoms with Crippen LogP contribution in [0, 0.1) is 6.92 Å². The molecule has 0 aliphatic carbocycles. The minimum atomic E-state index is 0.0991. The molecule has 2 aromatic rings. The summed E-state index contributed by atoms with van der Waals surface area (Å²) >= 11 is 5.01. The van der Waals surface area contributed by atoms with Gasteiger partial charge in [0.2, 0.25) is 0 Å². The topological polar surface area (TPSA) is 51.8 Å². The number of aryl methyl sites for hydroxylation is 2. The first-order chi connectivity index (χ1) is 8.60. The summed E-state index contributed by atoms with van der Waals surface area (Å²) in [7, 11) is 0. The van der Waals surface area contributed by atoms with Crippen LogP contribution in [-0.2, 0) is 6.42 Å². The van der Waals surface area contributed by atoms with Gasteiger partial charge in [0.05, 0.1) is 5.25 Å². The molecule has 0 amide bonds. The lowest BCUT2D eigenvalue weighted by atomic mass is 10.2. The SMILES string of the molecule is CCc1nsc(SC(c2ccc(C)s2)C(C)N)n1.